The molecule has 0 atom stereocenters. The summed E-state index contributed by atoms with van der Waals surface area (Å²) in [6.07, 6.45) is 0.986. The highest BCUT2D eigenvalue weighted by atomic mass is 16.4. The Bertz CT molecular complexity index is 953. The van der Waals surface area contributed by atoms with Crippen LogP contribution in [-0.4, -0.2) is 16.3 Å². The molecule has 0 aliphatic carbocycles. The minimum absolute atomic E-state index is 0.296. The van der Waals surface area contributed by atoms with E-state index in [1.807, 2.05) is 24.6 Å². The minimum Gasteiger partial charge on any atom is -0.423 e. The quantitative estimate of drug-likeness (QED) is 0.552. The highest BCUT2D eigenvalue weighted by Crippen LogP contribution is 2.21. The van der Waals surface area contributed by atoms with Crippen LogP contribution in [0.1, 0.15) is 34.5 Å². The van der Waals surface area contributed by atoms with Gasteiger partial charge in [0.25, 0.3) is 0 Å². The third kappa shape index (κ3) is 3.99. The summed E-state index contributed by atoms with van der Waals surface area (Å²) in [7, 11) is 0. The lowest BCUT2D eigenvalue weighted by molar-refractivity contribution is 0.529. The molecule has 2 aromatic heterocycles. The van der Waals surface area contributed by atoms with Crippen molar-refractivity contribution in [3.63, 3.8) is 0 Å². The Labute approximate surface area is 147 Å². The Kier molecular flexibility index (Phi) is 5.04. The lowest BCUT2D eigenvalue weighted by Gasteiger charge is -2.10. The van der Waals surface area contributed by atoms with Crippen LogP contribution in [0.25, 0.3) is 11.0 Å². The molecule has 0 aliphatic heterocycles. The van der Waals surface area contributed by atoms with Gasteiger partial charge in [0.1, 0.15) is 5.58 Å². The Balaban J connectivity index is 1.64. The van der Waals surface area contributed by atoms with E-state index < -0.39 is 0 Å². The molecule has 0 spiro atoms. The standard InChI is InChI=1S/C20H25N3O2/c1-13-8-18-17(11-20(24)25-19(18)9-14(13)2)12-21-6-5-7-23-16(4)10-15(3)22-23/h8-11,21H,5-7,12H2,1-4H3. The van der Waals surface area contributed by atoms with Crippen LogP contribution < -0.4 is 10.9 Å². The summed E-state index contributed by atoms with van der Waals surface area (Å²) >= 11 is 0. The molecule has 0 unspecified atom stereocenters. The summed E-state index contributed by atoms with van der Waals surface area (Å²) in [5, 5.41) is 8.91. The van der Waals surface area contributed by atoms with E-state index >= 15 is 0 Å². The van der Waals surface area contributed by atoms with Gasteiger partial charge in [0.15, 0.2) is 0 Å². The van der Waals surface area contributed by atoms with Crippen LogP contribution in [0.2, 0.25) is 0 Å². The SMILES string of the molecule is Cc1cc(C)n(CCCNCc2cc(=O)oc3cc(C)c(C)cc23)n1. The number of nitrogens with one attached hydrogen (secondary N) is 1. The van der Waals surface area contributed by atoms with E-state index in [0.717, 1.165) is 41.7 Å². The molecule has 2 heterocycles. The van der Waals surface area contributed by atoms with E-state index in [0.29, 0.717) is 12.1 Å². The topological polar surface area (TPSA) is 60.1 Å². The van der Waals surface area contributed by atoms with Crippen molar-refractivity contribution in [1.82, 2.24) is 15.1 Å². The maximum absolute atomic E-state index is 11.8. The molecule has 3 aromatic rings. The van der Waals surface area contributed by atoms with Crippen molar-refractivity contribution >= 4 is 11.0 Å². The fourth-order valence-corrected chi connectivity index (χ4v) is 3.11. The number of aryl methyl sites for hydroxylation is 5. The predicted octanol–water partition coefficient (Wildman–Crippen LogP) is 3.40. The first-order valence-corrected chi connectivity index (χ1v) is 8.70. The predicted molar refractivity (Wildman–Crippen MR) is 100.0 cm³/mol. The highest BCUT2D eigenvalue weighted by Gasteiger charge is 2.07. The summed E-state index contributed by atoms with van der Waals surface area (Å²) < 4.78 is 7.38. The maximum Gasteiger partial charge on any atom is 0.336 e. The summed E-state index contributed by atoms with van der Waals surface area (Å²) in [5.74, 6) is 0. The molecular formula is C20H25N3O2. The Hall–Kier alpha value is -2.40. The fraction of sp³-hybridized carbons (Fsp3) is 0.400. The molecule has 0 aliphatic rings. The summed E-state index contributed by atoms with van der Waals surface area (Å²) in [5.41, 5.74) is 5.93. The second-order valence-corrected chi connectivity index (χ2v) is 6.70. The number of hydrogen-bond acceptors (Lipinski definition) is 4. The molecular weight excluding hydrogens is 314 g/mol. The molecule has 0 bridgehead atoms. The van der Waals surface area contributed by atoms with E-state index in [-0.39, 0.29) is 5.63 Å². The molecule has 5 nitrogen and oxygen atoms in total. The molecule has 0 saturated heterocycles. The van der Waals surface area contributed by atoms with Gasteiger partial charge in [0, 0.05) is 30.2 Å². The third-order valence-electron chi connectivity index (χ3n) is 4.59. The first kappa shape index (κ1) is 17.4. The van der Waals surface area contributed by atoms with Crippen LogP contribution in [0.15, 0.2) is 33.5 Å². The zero-order valence-corrected chi connectivity index (χ0v) is 15.3. The summed E-state index contributed by atoms with van der Waals surface area (Å²) in [6.45, 7) is 10.6. The highest BCUT2D eigenvalue weighted by molar-refractivity contribution is 5.81. The molecule has 5 heteroatoms. The largest absolute Gasteiger partial charge is 0.423 e. The summed E-state index contributed by atoms with van der Waals surface area (Å²) in [6, 6.07) is 7.72. The molecule has 132 valence electrons. The van der Waals surface area contributed by atoms with Gasteiger partial charge in [-0.2, -0.15) is 5.10 Å². The number of rotatable bonds is 6. The second-order valence-electron chi connectivity index (χ2n) is 6.70. The van der Waals surface area contributed by atoms with Gasteiger partial charge in [-0.25, -0.2) is 4.79 Å². The number of benzene rings is 1. The van der Waals surface area contributed by atoms with Crippen LogP contribution in [0.3, 0.4) is 0 Å². The molecule has 0 fully saturated rings. The molecule has 0 radical (unpaired) electrons. The first-order chi connectivity index (χ1) is 11.9. The first-order valence-electron chi connectivity index (χ1n) is 8.70. The molecule has 1 N–H and O–H groups in total. The molecule has 1 aromatic carbocycles. The van der Waals surface area contributed by atoms with Crippen LogP contribution in [0.4, 0.5) is 0 Å². The van der Waals surface area contributed by atoms with E-state index in [2.05, 4.69) is 36.4 Å². The minimum atomic E-state index is -0.296. The monoisotopic (exact) mass is 339 g/mol. The molecule has 0 saturated carbocycles. The number of hydrogen-bond donors (Lipinski definition) is 1. The zero-order chi connectivity index (χ0) is 18.0. The maximum atomic E-state index is 11.8. The van der Waals surface area contributed by atoms with E-state index in [1.54, 1.807) is 6.07 Å². The van der Waals surface area contributed by atoms with Crippen molar-refractivity contribution in [2.75, 3.05) is 6.54 Å². The van der Waals surface area contributed by atoms with Crippen molar-refractivity contribution in [3.05, 3.63) is 62.8 Å². The van der Waals surface area contributed by atoms with E-state index in [9.17, 15) is 4.79 Å². The molecule has 3 rings (SSSR count). The second kappa shape index (κ2) is 7.23. The van der Waals surface area contributed by atoms with Gasteiger partial charge < -0.3 is 9.73 Å². The van der Waals surface area contributed by atoms with Crippen molar-refractivity contribution in [2.45, 2.75) is 47.2 Å². The van der Waals surface area contributed by atoms with Crippen molar-refractivity contribution < 1.29 is 4.42 Å². The van der Waals surface area contributed by atoms with Gasteiger partial charge >= 0.3 is 5.63 Å². The van der Waals surface area contributed by atoms with Crippen molar-refractivity contribution in [1.29, 1.82) is 0 Å². The number of nitrogens with zero attached hydrogens (tertiary/aromatic N) is 2. The third-order valence-corrected chi connectivity index (χ3v) is 4.59. The Morgan fingerprint density at radius 3 is 2.56 bits per heavy atom. The van der Waals surface area contributed by atoms with Crippen molar-refractivity contribution in [2.24, 2.45) is 0 Å². The van der Waals surface area contributed by atoms with Gasteiger partial charge in [0.05, 0.1) is 5.69 Å². The number of aromatic nitrogens is 2. The normalized spacial score (nSPS) is 11.4. The Morgan fingerprint density at radius 1 is 1.08 bits per heavy atom. The van der Waals surface area contributed by atoms with Gasteiger partial charge in [-0.3, -0.25) is 4.68 Å². The Morgan fingerprint density at radius 2 is 1.84 bits per heavy atom. The summed E-state index contributed by atoms with van der Waals surface area (Å²) in [4.78, 5) is 11.8. The van der Waals surface area contributed by atoms with Crippen LogP contribution in [-0.2, 0) is 13.1 Å². The molecule has 25 heavy (non-hydrogen) atoms. The average Bonchev–Trinajstić information content (AvgIpc) is 2.86. The van der Waals surface area contributed by atoms with Gasteiger partial charge in [-0.1, -0.05) is 0 Å². The van der Waals surface area contributed by atoms with E-state index in [1.165, 1.54) is 11.3 Å². The lowest BCUT2D eigenvalue weighted by Crippen LogP contribution is -2.18. The molecule has 0 amide bonds. The van der Waals surface area contributed by atoms with Crippen LogP contribution in [0.5, 0.6) is 0 Å². The lowest BCUT2D eigenvalue weighted by atomic mass is 10.0. The van der Waals surface area contributed by atoms with E-state index in [4.69, 9.17) is 4.42 Å². The zero-order valence-electron chi connectivity index (χ0n) is 15.3. The van der Waals surface area contributed by atoms with Crippen LogP contribution >= 0.6 is 0 Å². The average molecular weight is 339 g/mol. The van der Waals surface area contributed by atoms with Gasteiger partial charge in [-0.05, 0) is 75.5 Å². The van der Waals surface area contributed by atoms with Crippen molar-refractivity contribution in [3.8, 4) is 0 Å². The van der Waals surface area contributed by atoms with Crippen LogP contribution in [0, 0.1) is 27.7 Å². The fourth-order valence-electron chi connectivity index (χ4n) is 3.11. The van der Waals surface area contributed by atoms with Gasteiger partial charge in [-0.15, -0.1) is 0 Å². The number of fused-ring (bicyclic) bond motifs is 1. The van der Waals surface area contributed by atoms with Gasteiger partial charge in [0.2, 0.25) is 0 Å². The smallest absolute Gasteiger partial charge is 0.336 e.